The molecule has 1 aromatic rings. The lowest BCUT2D eigenvalue weighted by Gasteiger charge is -2.15. The van der Waals surface area contributed by atoms with E-state index in [-0.39, 0.29) is 6.04 Å². The molecule has 0 aliphatic carbocycles. The number of hydrogen-bond donors (Lipinski definition) is 1. The quantitative estimate of drug-likeness (QED) is 0.763. The number of nitriles is 1. The molecule has 1 aromatic carbocycles. The molecule has 0 heterocycles. The molecule has 0 aliphatic rings. The summed E-state index contributed by atoms with van der Waals surface area (Å²) < 4.78 is 5.19. The third-order valence-corrected chi connectivity index (χ3v) is 2.09. The van der Waals surface area contributed by atoms with Crippen LogP contribution in [0.25, 0.3) is 0 Å². The van der Waals surface area contributed by atoms with Crippen molar-refractivity contribution in [1.29, 1.82) is 5.26 Å². The van der Waals surface area contributed by atoms with Crippen LogP contribution in [0, 0.1) is 11.3 Å². The molecule has 1 unspecified atom stereocenters. The zero-order chi connectivity index (χ0) is 11.3. The van der Waals surface area contributed by atoms with Crippen LogP contribution in [0.5, 0.6) is 5.75 Å². The van der Waals surface area contributed by atoms with Crippen molar-refractivity contribution in [1.82, 2.24) is 0 Å². The minimum absolute atomic E-state index is 0.0911. The molecule has 0 aliphatic heterocycles. The van der Waals surface area contributed by atoms with Crippen molar-refractivity contribution in [3.63, 3.8) is 0 Å². The molecule has 1 atom stereocenters. The summed E-state index contributed by atoms with van der Waals surface area (Å²) in [6.07, 6.45) is 1.77. The maximum atomic E-state index is 8.95. The van der Waals surface area contributed by atoms with Gasteiger partial charge in [0.2, 0.25) is 0 Å². The first kappa shape index (κ1) is 11.1. The summed E-state index contributed by atoms with van der Waals surface area (Å²) in [7, 11) is 1.58. The fraction of sp³-hybridized carbons (Fsp3) is 0.250. The van der Waals surface area contributed by atoms with Gasteiger partial charge in [-0.15, -0.1) is 6.58 Å². The highest BCUT2D eigenvalue weighted by Crippen LogP contribution is 2.28. The van der Waals surface area contributed by atoms with Crippen molar-refractivity contribution in [3.05, 3.63) is 36.4 Å². The molecule has 0 aromatic heterocycles. The Hall–Kier alpha value is -1.95. The Morgan fingerprint density at radius 1 is 1.60 bits per heavy atom. The minimum Gasteiger partial charge on any atom is -0.495 e. The lowest BCUT2D eigenvalue weighted by Crippen LogP contribution is -2.13. The Balaban J connectivity index is 3.11. The van der Waals surface area contributed by atoms with E-state index in [4.69, 9.17) is 10.00 Å². The van der Waals surface area contributed by atoms with E-state index >= 15 is 0 Å². The molecule has 0 spiro atoms. The molecule has 0 amide bonds. The summed E-state index contributed by atoms with van der Waals surface area (Å²) in [6.45, 7) is 5.64. The van der Waals surface area contributed by atoms with Gasteiger partial charge < -0.3 is 10.1 Å². The fourth-order valence-electron chi connectivity index (χ4n) is 1.23. The molecule has 78 valence electrons. The smallest absolute Gasteiger partial charge is 0.143 e. The number of ether oxygens (including phenoxy) is 1. The first-order valence-corrected chi connectivity index (χ1v) is 4.69. The van der Waals surface area contributed by atoms with Gasteiger partial charge in [0.1, 0.15) is 11.8 Å². The largest absolute Gasteiger partial charge is 0.495 e. The first-order valence-electron chi connectivity index (χ1n) is 4.69. The molecule has 0 saturated carbocycles. The number of rotatable bonds is 4. The van der Waals surface area contributed by atoms with E-state index in [0.717, 1.165) is 5.69 Å². The SMILES string of the molecule is C=CC(C)Nc1c(C#N)cccc1OC. The highest BCUT2D eigenvalue weighted by molar-refractivity contribution is 5.66. The van der Waals surface area contributed by atoms with Gasteiger partial charge in [0.15, 0.2) is 0 Å². The Labute approximate surface area is 90.0 Å². The average molecular weight is 202 g/mol. The average Bonchev–Trinajstić information content (AvgIpc) is 2.29. The molecule has 3 heteroatoms. The van der Waals surface area contributed by atoms with Gasteiger partial charge in [-0.1, -0.05) is 12.1 Å². The molecule has 15 heavy (non-hydrogen) atoms. The van der Waals surface area contributed by atoms with Crippen LogP contribution in [0.3, 0.4) is 0 Å². The van der Waals surface area contributed by atoms with Gasteiger partial charge in [0.05, 0.1) is 18.4 Å². The van der Waals surface area contributed by atoms with Gasteiger partial charge in [-0.2, -0.15) is 5.26 Å². The van der Waals surface area contributed by atoms with Gasteiger partial charge in [-0.3, -0.25) is 0 Å². The second-order valence-corrected chi connectivity index (χ2v) is 3.16. The topological polar surface area (TPSA) is 45.0 Å². The molecule has 0 radical (unpaired) electrons. The number of benzene rings is 1. The zero-order valence-electron chi connectivity index (χ0n) is 8.95. The minimum atomic E-state index is 0.0911. The first-order chi connectivity index (χ1) is 7.22. The van der Waals surface area contributed by atoms with E-state index in [1.165, 1.54) is 0 Å². The third-order valence-electron chi connectivity index (χ3n) is 2.09. The van der Waals surface area contributed by atoms with Crippen molar-refractivity contribution in [2.24, 2.45) is 0 Å². The summed E-state index contributed by atoms with van der Waals surface area (Å²) in [5.41, 5.74) is 1.29. The normalized spacial score (nSPS) is 11.3. The molecular formula is C12H14N2O. The zero-order valence-corrected chi connectivity index (χ0v) is 8.95. The molecule has 3 nitrogen and oxygen atoms in total. The standard InChI is InChI=1S/C12H14N2O/c1-4-9(2)14-12-10(8-13)6-5-7-11(12)15-3/h4-7,9,14H,1H2,2-3H3. The second kappa shape index (κ2) is 5.06. The van der Waals surface area contributed by atoms with Gasteiger partial charge in [-0.05, 0) is 19.1 Å². The number of nitrogens with one attached hydrogen (secondary N) is 1. The molecule has 0 bridgehead atoms. The molecule has 0 saturated heterocycles. The van der Waals surface area contributed by atoms with Crippen LogP contribution in [-0.4, -0.2) is 13.2 Å². The Morgan fingerprint density at radius 3 is 2.87 bits per heavy atom. The predicted octanol–water partition coefficient (Wildman–Crippen LogP) is 2.55. The summed E-state index contributed by atoms with van der Waals surface area (Å²) in [5.74, 6) is 0.669. The number of para-hydroxylation sites is 1. The maximum absolute atomic E-state index is 8.95. The van der Waals surface area contributed by atoms with Crippen molar-refractivity contribution >= 4 is 5.69 Å². The monoisotopic (exact) mass is 202 g/mol. The molecule has 0 fully saturated rings. The fourth-order valence-corrected chi connectivity index (χ4v) is 1.23. The maximum Gasteiger partial charge on any atom is 0.143 e. The van der Waals surface area contributed by atoms with Crippen molar-refractivity contribution in [2.45, 2.75) is 13.0 Å². The van der Waals surface area contributed by atoms with Crippen LogP contribution < -0.4 is 10.1 Å². The van der Waals surface area contributed by atoms with Crippen LogP contribution in [0.15, 0.2) is 30.9 Å². The summed E-state index contributed by atoms with van der Waals surface area (Å²) in [5, 5.41) is 12.1. The summed E-state index contributed by atoms with van der Waals surface area (Å²) in [4.78, 5) is 0. The van der Waals surface area contributed by atoms with E-state index in [9.17, 15) is 0 Å². The third kappa shape index (κ3) is 2.50. The predicted molar refractivity (Wildman–Crippen MR) is 61.0 cm³/mol. The number of anilines is 1. The van der Waals surface area contributed by atoms with Crippen LogP contribution in [0.1, 0.15) is 12.5 Å². The van der Waals surface area contributed by atoms with E-state index in [0.29, 0.717) is 11.3 Å². The van der Waals surface area contributed by atoms with Crippen molar-refractivity contribution < 1.29 is 4.74 Å². The second-order valence-electron chi connectivity index (χ2n) is 3.16. The number of methoxy groups -OCH3 is 1. The van der Waals surface area contributed by atoms with Gasteiger partial charge >= 0.3 is 0 Å². The highest BCUT2D eigenvalue weighted by atomic mass is 16.5. The van der Waals surface area contributed by atoms with Gasteiger partial charge in [0.25, 0.3) is 0 Å². The lowest BCUT2D eigenvalue weighted by atomic mass is 10.1. The van der Waals surface area contributed by atoms with Crippen LogP contribution in [0.2, 0.25) is 0 Å². The summed E-state index contributed by atoms with van der Waals surface area (Å²) in [6, 6.07) is 7.58. The van der Waals surface area contributed by atoms with Gasteiger partial charge in [-0.25, -0.2) is 0 Å². The molecular weight excluding hydrogens is 188 g/mol. The van der Waals surface area contributed by atoms with Crippen LogP contribution in [-0.2, 0) is 0 Å². The molecule has 1 rings (SSSR count). The van der Waals surface area contributed by atoms with Crippen LogP contribution in [0.4, 0.5) is 5.69 Å². The Kier molecular flexibility index (Phi) is 3.75. The van der Waals surface area contributed by atoms with E-state index in [2.05, 4.69) is 18.0 Å². The van der Waals surface area contributed by atoms with E-state index < -0.39 is 0 Å². The number of hydrogen-bond acceptors (Lipinski definition) is 3. The van der Waals surface area contributed by atoms with Crippen molar-refractivity contribution in [2.75, 3.05) is 12.4 Å². The Morgan fingerprint density at radius 2 is 2.33 bits per heavy atom. The highest BCUT2D eigenvalue weighted by Gasteiger charge is 2.09. The van der Waals surface area contributed by atoms with E-state index in [1.54, 1.807) is 25.3 Å². The summed E-state index contributed by atoms with van der Waals surface area (Å²) >= 11 is 0. The van der Waals surface area contributed by atoms with Crippen molar-refractivity contribution in [3.8, 4) is 11.8 Å². The Bertz CT molecular complexity index is 393. The van der Waals surface area contributed by atoms with Gasteiger partial charge in [0, 0.05) is 6.04 Å². The van der Waals surface area contributed by atoms with Crippen LogP contribution >= 0.6 is 0 Å². The molecule has 1 N–H and O–H groups in total. The van der Waals surface area contributed by atoms with E-state index in [1.807, 2.05) is 13.0 Å². The lowest BCUT2D eigenvalue weighted by molar-refractivity contribution is 0.416. The number of nitrogens with zero attached hydrogens (tertiary/aromatic N) is 1.